The average molecular weight is 245 g/mol. The van der Waals surface area contributed by atoms with Crippen molar-refractivity contribution in [2.45, 2.75) is 9.37 Å². The summed E-state index contributed by atoms with van der Waals surface area (Å²) in [7, 11) is 0. The molecule has 7 heteroatoms. The summed E-state index contributed by atoms with van der Waals surface area (Å²) in [6.45, 7) is 0. The van der Waals surface area contributed by atoms with Gasteiger partial charge in [0.05, 0.1) is 4.21 Å². The van der Waals surface area contributed by atoms with Gasteiger partial charge in [0.15, 0.2) is 5.16 Å². The predicted octanol–water partition coefficient (Wildman–Crippen LogP) is 2.32. The van der Waals surface area contributed by atoms with Crippen molar-refractivity contribution in [2.24, 2.45) is 0 Å². The fraction of sp³-hybridized carbons (Fsp3) is 0. The molecule has 0 amide bonds. The van der Waals surface area contributed by atoms with Gasteiger partial charge in [0.25, 0.3) is 0 Å². The van der Waals surface area contributed by atoms with Gasteiger partial charge in [-0.1, -0.05) is 6.07 Å². The molecule has 2 N–H and O–H groups in total. The van der Waals surface area contributed by atoms with Crippen LogP contribution in [0.1, 0.15) is 0 Å². The van der Waals surface area contributed by atoms with Crippen molar-refractivity contribution in [3.8, 4) is 0 Å². The largest absolute Gasteiger partial charge is 0.368 e. The lowest BCUT2D eigenvalue weighted by Crippen LogP contribution is -1.98. The van der Waals surface area contributed by atoms with E-state index in [4.69, 9.17) is 17.3 Å². The number of nitrogen functional groups attached to an aromatic ring is 1. The highest BCUT2D eigenvalue weighted by Gasteiger charge is 2.04. The third kappa shape index (κ3) is 2.34. The van der Waals surface area contributed by atoms with Crippen LogP contribution in [0, 0.1) is 0 Å². The first-order valence-corrected chi connectivity index (χ1v) is 5.70. The van der Waals surface area contributed by atoms with E-state index in [1.54, 1.807) is 11.3 Å². The highest BCUT2D eigenvalue weighted by molar-refractivity contribution is 8.01. The molecular formula is C7H5ClN4S2. The lowest BCUT2D eigenvalue weighted by Gasteiger charge is -1.97. The van der Waals surface area contributed by atoms with Crippen LogP contribution in [-0.4, -0.2) is 15.0 Å². The van der Waals surface area contributed by atoms with Crippen LogP contribution < -0.4 is 5.73 Å². The van der Waals surface area contributed by atoms with Crippen LogP contribution in [-0.2, 0) is 0 Å². The second-order valence-corrected chi connectivity index (χ2v) is 4.83. The van der Waals surface area contributed by atoms with E-state index in [-0.39, 0.29) is 11.2 Å². The third-order valence-electron chi connectivity index (χ3n) is 1.29. The maximum absolute atomic E-state index is 5.64. The number of nitrogens with two attached hydrogens (primary N) is 1. The number of rotatable bonds is 2. The number of hydrogen-bond donors (Lipinski definition) is 1. The summed E-state index contributed by atoms with van der Waals surface area (Å²) in [4.78, 5) is 11.6. The smallest absolute Gasteiger partial charge is 0.228 e. The second-order valence-electron chi connectivity index (χ2n) is 2.28. The number of anilines is 1. The molecule has 0 aliphatic carbocycles. The van der Waals surface area contributed by atoms with E-state index in [2.05, 4.69) is 15.0 Å². The van der Waals surface area contributed by atoms with Gasteiger partial charge < -0.3 is 5.73 Å². The minimum Gasteiger partial charge on any atom is -0.368 e. The number of nitrogens with zero attached hydrogens (tertiary/aromatic N) is 3. The number of halogens is 1. The van der Waals surface area contributed by atoms with Crippen molar-refractivity contribution in [1.29, 1.82) is 0 Å². The zero-order valence-electron chi connectivity index (χ0n) is 6.85. The molecule has 0 fully saturated rings. The average Bonchev–Trinajstić information content (AvgIpc) is 2.54. The van der Waals surface area contributed by atoms with Gasteiger partial charge in [0, 0.05) is 0 Å². The Balaban J connectivity index is 2.25. The summed E-state index contributed by atoms with van der Waals surface area (Å²) in [5.41, 5.74) is 5.43. The van der Waals surface area contributed by atoms with Gasteiger partial charge in [-0.15, -0.1) is 11.3 Å². The minimum absolute atomic E-state index is 0.122. The molecule has 0 aliphatic rings. The molecule has 2 aromatic rings. The lowest BCUT2D eigenvalue weighted by atomic mass is 10.7. The van der Waals surface area contributed by atoms with Crippen LogP contribution in [0.4, 0.5) is 5.95 Å². The maximum Gasteiger partial charge on any atom is 0.228 e. The highest BCUT2D eigenvalue weighted by atomic mass is 35.5. The molecule has 14 heavy (non-hydrogen) atoms. The van der Waals surface area contributed by atoms with E-state index in [1.807, 2.05) is 17.5 Å². The third-order valence-corrected chi connectivity index (χ3v) is 3.36. The molecule has 2 rings (SSSR count). The molecule has 2 aromatic heterocycles. The molecule has 0 radical (unpaired) electrons. The quantitative estimate of drug-likeness (QED) is 0.878. The Labute approximate surface area is 93.6 Å². The number of aromatic nitrogens is 3. The zero-order chi connectivity index (χ0) is 9.97. The molecule has 0 saturated carbocycles. The standard InChI is InChI=1S/C7H5ClN4S2/c8-5-10-6(9)12-7(11-5)14-4-2-1-3-13-4/h1-3H,(H2,9,10,11,12). The molecule has 2 heterocycles. The molecule has 0 saturated heterocycles. The molecule has 0 bridgehead atoms. The Bertz CT molecular complexity index is 411. The maximum atomic E-state index is 5.64. The summed E-state index contributed by atoms with van der Waals surface area (Å²) in [6.07, 6.45) is 0. The summed E-state index contributed by atoms with van der Waals surface area (Å²) in [5.74, 6) is 0.143. The van der Waals surface area contributed by atoms with E-state index in [0.29, 0.717) is 5.16 Å². The predicted molar refractivity (Wildman–Crippen MR) is 57.7 cm³/mol. The zero-order valence-corrected chi connectivity index (χ0v) is 9.23. The van der Waals surface area contributed by atoms with E-state index in [1.165, 1.54) is 11.8 Å². The minimum atomic E-state index is 0.122. The summed E-state index contributed by atoms with van der Waals surface area (Å²) < 4.78 is 1.09. The molecule has 72 valence electrons. The van der Waals surface area contributed by atoms with Gasteiger partial charge in [-0.25, -0.2) is 0 Å². The van der Waals surface area contributed by atoms with Gasteiger partial charge in [0.2, 0.25) is 11.2 Å². The normalized spacial score (nSPS) is 10.4. The van der Waals surface area contributed by atoms with Crippen LogP contribution >= 0.6 is 34.7 Å². The summed E-state index contributed by atoms with van der Waals surface area (Å²) in [5, 5.41) is 2.62. The SMILES string of the molecule is Nc1nc(Cl)nc(Sc2cccs2)n1. The molecule has 4 nitrogen and oxygen atoms in total. The van der Waals surface area contributed by atoms with Crippen LogP contribution in [0.5, 0.6) is 0 Å². The van der Waals surface area contributed by atoms with Crippen molar-refractivity contribution in [3.63, 3.8) is 0 Å². The molecule has 0 atom stereocenters. The Morgan fingerprint density at radius 1 is 1.36 bits per heavy atom. The number of hydrogen-bond acceptors (Lipinski definition) is 6. The molecule has 0 aromatic carbocycles. The second kappa shape index (κ2) is 4.12. The summed E-state index contributed by atoms with van der Waals surface area (Å²) in [6, 6.07) is 3.93. The van der Waals surface area contributed by atoms with Gasteiger partial charge >= 0.3 is 0 Å². The molecule has 0 unspecified atom stereocenters. The van der Waals surface area contributed by atoms with Crippen LogP contribution in [0.15, 0.2) is 26.9 Å². The summed E-state index contributed by atoms with van der Waals surface area (Å²) >= 11 is 8.66. The van der Waals surface area contributed by atoms with Crippen molar-refractivity contribution in [3.05, 3.63) is 22.8 Å². The van der Waals surface area contributed by atoms with Gasteiger partial charge in [-0.2, -0.15) is 15.0 Å². The fourth-order valence-corrected chi connectivity index (χ4v) is 2.65. The highest BCUT2D eigenvalue weighted by Crippen LogP contribution is 2.29. The van der Waals surface area contributed by atoms with Gasteiger partial charge in [-0.3, -0.25) is 0 Å². The Morgan fingerprint density at radius 2 is 2.21 bits per heavy atom. The van der Waals surface area contributed by atoms with Gasteiger partial charge in [0.1, 0.15) is 0 Å². The van der Waals surface area contributed by atoms with Crippen LogP contribution in [0.2, 0.25) is 5.28 Å². The van der Waals surface area contributed by atoms with Gasteiger partial charge in [-0.05, 0) is 34.8 Å². The first kappa shape index (κ1) is 9.70. The Kier molecular flexibility index (Phi) is 2.85. The fourth-order valence-electron chi connectivity index (χ4n) is 0.804. The monoisotopic (exact) mass is 244 g/mol. The van der Waals surface area contributed by atoms with Crippen molar-refractivity contribution in [1.82, 2.24) is 15.0 Å². The molecule has 0 spiro atoms. The van der Waals surface area contributed by atoms with Crippen molar-refractivity contribution in [2.75, 3.05) is 5.73 Å². The first-order chi connectivity index (χ1) is 6.74. The van der Waals surface area contributed by atoms with Crippen LogP contribution in [0.3, 0.4) is 0 Å². The molecule has 0 aliphatic heterocycles. The molecular weight excluding hydrogens is 240 g/mol. The van der Waals surface area contributed by atoms with E-state index >= 15 is 0 Å². The first-order valence-electron chi connectivity index (χ1n) is 3.62. The van der Waals surface area contributed by atoms with E-state index in [0.717, 1.165) is 4.21 Å². The lowest BCUT2D eigenvalue weighted by molar-refractivity contribution is 0.918. The van der Waals surface area contributed by atoms with Crippen LogP contribution in [0.25, 0.3) is 0 Å². The van der Waals surface area contributed by atoms with E-state index in [9.17, 15) is 0 Å². The Morgan fingerprint density at radius 3 is 2.86 bits per heavy atom. The van der Waals surface area contributed by atoms with Crippen molar-refractivity contribution >= 4 is 40.6 Å². The van der Waals surface area contributed by atoms with E-state index < -0.39 is 0 Å². The topological polar surface area (TPSA) is 64.7 Å². The Hall–Kier alpha value is -0.850. The van der Waals surface area contributed by atoms with Crippen molar-refractivity contribution < 1.29 is 0 Å². The number of thiophene rings is 1.